The predicted octanol–water partition coefficient (Wildman–Crippen LogP) is 2.33. The molecule has 3 heteroatoms. The summed E-state index contributed by atoms with van der Waals surface area (Å²) < 4.78 is 0. The van der Waals surface area contributed by atoms with Gasteiger partial charge in [0.1, 0.15) is 0 Å². The Bertz CT molecular complexity index is 218. The van der Waals surface area contributed by atoms with Gasteiger partial charge in [-0.3, -0.25) is 4.90 Å². The van der Waals surface area contributed by atoms with Crippen molar-refractivity contribution in [3.05, 3.63) is 0 Å². The molecule has 16 heavy (non-hydrogen) atoms. The summed E-state index contributed by atoms with van der Waals surface area (Å²) in [7, 11) is 0. The van der Waals surface area contributed by atoms with Crippen LogP contribution in [0.2, 0.25) is 0 Å². The van der Waals surface area contributed by atoms with Gasteiger partial charge in [-0.2, -0.15) is 11.8 Å². The zero-order valence-electron chi connectivity index (χ0n) is 10.7. The molecule has 0 spiro atoms. The monoisotopic (exact) mass is 242 g/mol. The third-order valence-corrected chi connectivity index (χ3v) is 5.55. The Morgan fingerprint density at radius 1 is 1.25 bits per heavy atom. The number of hydrogen-bond donors (Lipinski definition) is 1. The largest absolute Gasteiger partial charge is 0.327 e. The molecule has 1 saturated heterocycles. The number of nitrogens with two attached hydrogens (primary N) is 1. The Hall–Kier alpha value is 0.270. The number of rotatable bonds is 2. The second-order valence-electron chi connectivity index (χ2n) is 5.60. The van der Waals surface area contributed by atoms with Crippen molar-refractivity contribution in [2.45, 2.75) is 56.4 Å². The van der Waals surface area contributed by atoms with Crippen LogP contribution in [0.3, 0.4) is 0 Å². The summed E-state index contributed by atoms with van der Waals surface area (Å²) in [6.07, 6.45) is 9.14. The van der Waals surface area contributed by atoms with E-state index in [0.29, 0.717) is 12.0 Å². The van der Waals surface area contributed by atoms with Crippen LogP contribution in [0.15, 0.2) is 0 Å². The van der Waals surface area contributed by atoms with Gasteiger partial charge in [-0.25, -0.2) is 0 Å². The smallest absolute Gasteiger partial charge is 0.0106 e. The number of thioether (sulfide) groups is 1. The van der Waals surface area contributed by atoms with Crippen molar-refractivity contribution in [2.24, 2.45) is 11.7 Å². The van der Waals surface area contributed by atoms with Gasteiger partial charge in [-0.05, 0) is 44.4 Å². The maximum Gasteiger partial charge on any atom is 0.0106 e. The molecule has 1 aliphatic carbocycles. The highest BCUT2D eigenvalue weighted by atomic mass is 32.2. The molecule has 0 bridgehead atoms. The summed E-state index contributed by atoms with van der Waals surface area (Å²) in [6.45, 7) is 4.77. The Kier molecular flexibility index (Phi) is 4.57. The van der Waals surface area contributed by atoms with E-state index in [1.807, 2.05) is 0 Å². The van der Waals surface area contributed by atoms with Crippen LogP contribution in [0.1, 0.15) is 39.0 Å². The maximum atomic E-state index is 6.09. The molecule has 94 valence electrons. The van der Waals surface area contributed by atoms with Gasteiger partial charge >= 0.3 is 0 Å². The third kappa shape index (κ3) is 2.93. The molecule has 1 aliphatic heterocycles. The first-order valence-corrected chi connectivity index (χ1v) is 8.02. The Morgan fingerprint density at radius 2 is 2.06 bits per heavy atom. The van der Waals surface area contributed by atoms with Crippen molar-refractivity contribution in [1.82, 2.24) is 4.90 Å². The lowest BCUT2D eigenvalue weighted by molar-refractivity contribution is 0.0946. The molecular formula is C13H26N2S. The van der Waals surface area contributed by atoms with Crippen LogP contribution >= 0.6 is 11.8 Å². The minimum atomic E-state index is 0.441. The first kappa shape index (κ1) is 12.7. The number of hydrogen-bond acceptors (Lipinski definition) is 3. The highest BCUT2D eigenvalue weighted by molar-refractivity contribution is 7.99. The van der Waals surface area contributed by atoms with E-state index in [4.69, 9.17) is 5.73 Å². The number of likely N-dealkylation sites (tertiary alicyclic amines) is 1. The van der Waals surface area contributed by atoms with Crippen LogP contribution in [0.4, 0.5) is 0 Å². The van der Waals surface area contributed by atoms with Gasteiger partial charge < -0.3 is 5.73 Å². The highest BCUT2D eigenvalue weighted by Crippen LogP contribution is 2.31. The lowest BCUT2D eigenvalue weighted by Crippen LogP contribution is -2.51. The molecule has 0 radical (unpaired) electrons. The lowest BCUT2D eigenvalue weighted by atomic mass is 9.88. The Balaban J connectivity index is 1.87. The summed E-state index contributed by atoms with van der Waals surface area (Å²) >= 11 is 2.06. The van der Waals surface area contributed by atoms with Gasteiger partial charge in [0.15, 0.2) is 0 Å². The molecular weight excluding hydrogens is 216 g/mol. The molecule has 2 fully saturated rings. The molecule has 0 aromatic rings. The molecule has 0 aromatic heterocycles. The zero-order valence-corrected chi connectivity index (χ0v) is 11.5. The fourth-order valence-electron chi connectivity index (χ4n) is 3.19. The van der Waals surface area contributed by atoms with Crippen LogP contribution in [0.5, 0.6) is 0 Å². The topological polar surface area (TPSA) is 29.3 Å². The van der Waals surface area contributed by atoms with Gasteiger partial charge in [0.2, 0.25) is 0 Å². The SMILES string of the molecule is CSC1CCCC(N2CCC(N)C(C)C2)C1. The van der Waals surface area contributed by atoms with E-state index in [-0.39, 0.29) is 0 Å². The summed E-state index contributed by atoms with van der Waals surface area (Å²) in [5, 5.41) is 0.907. The molecule has 1 heterocycles. The molecule has 2 aliphatic rings. The summed E-state index contributed by atoms with van der Waals surface area (Å²) in [5.41, 5.74) is 6.09. The van der Waals surface area contributed by atoms with Crippen LogP contribution in [-0.4, -0.2) is 41.6 Å². The predicted molar refractivity (Wildman–Crippen MR) is 72.9 cm³/mol. The van der Waals surface area contributed by atoms with Crippen molar-refractivity contribution in [1.29, 1.82) is 0 Å². The molecule has 0 aromatic carbocycles. The molecule has 2 N–H and O–H groups in total. The van der Waals surface area contributed by atoms with Crippen molar-refractivity contribution >= 4 is 11.8 Å². The van der Waals surface area contributed by atoms with E-state index in [1.165, 1.54) is 45.2 Å². The molecule has 4 atom stereocenters. The van der Waals surface area contributed by atoms with Crippen LogP contribution in [-0.2, 0) is 0 Å². The lowest BCUT2D eigenvalue weighted by Gasteiger charge is -2.42. The van der Waals surface area contributed by atoms with E-state index in [2.05, 4.69) is 29.8 Å². The number of piperidine rings is 1. The fraction of sp³-hybridized carbons (Fsp3) is 1.00. The van der Waals surface area contributed by atoms with Gasteiger partial charge in [0.05, 0.1) is 0 Å². The second kappa shape index (κ2) is 5.74. The Morgan fingerprint density at radius 3 is 2.75 bits per heavy atom. The average Bonchev–Trinajstić information content (AvgIpc) is 2.33. The molecule has 2 rings (SSSR count). The normalized spacial score (nSPS) is 42.2. The molecule has 0 amide bonds. The van der Waals surface area contributed by atoms with Crippen molar-refractivity contribution in [3.8, 4) is 0 Å². The summed E-state index contributed by atoms with van der Waals surface area (Å²) in [6, 6.07) is 1.29. The molecule has 2 nitrogen and oxygen atoms in total. The van der Waals surface area contributed by atoms with Crippen LogP contribution < -0.4 is 5.73 Å². The highest BCUT2D eigenvalue weighted by Gasteiger charge is 2.31. The number of nitrogens with zero attached hydrogens (tertiary/aromatic N) is 1. The average molecular weight is 242 g/mol. The first-order valence-electron chi connectivity index (χ1n) is 6.73. The summed E-state index contributed by atoms with van der Waals surface area (Å²) in [5.74, 6) is 0.684. The quantitative estimate of drug-likeness (QED) is 0.806. The van der Waals surface area contributed by atoms with E-state index in [9.17, 15) is 0 Å². The standard InChI is InChI=1S/C13H26N2S/c1-10-9-15(7-6-13(10)14)11-4-3-5-12(8-11)16-2/h10-13H,3-9,14H2,1-2H3. The molecule has 1 saturated carbocycles. The van der Waals surface area contributed by atoms with Gasteiger partial charge in [0.25, 0.3) is 0 Å². The van der Waals surface area contributed by atoms with Gasteiger partial charge in [0, 0.05) is 23.9 Å². The maximum absolute atomic E-state index is 6.09. The van der Waals surface area contributed by atoms with Gasteiger partial charge in [-0.1, -0.05) is 13.3 Å². The van der Waals surface area contributed by atoms with Crippen molar-refractivity contribution < 1.29 is 0 Å². The van der Waals surface area contributed by atoms with E-state index < -0.39 is 0 Å². The van der Waals surface area contributed by atoms with Crippen molar-refractivity contribution in [3.63, 3.8) is 0 Å². The van der Waals surface area contributed by atoms with Gasteiger partial charge in [-0.15, -0.1) is 0 Å². The summed E-state index contributed by atoms with van der Waals surface area (Å²) in [4.78, 5) is 2.72. The molecule has 4 unspecified atom stereocenters. The fourth-order valence-corrected chi connectivity index (χ4v) is 4.01. The van der Waals surface area contributed by atoms with Crippen molar-refractivity contribution in [2.75, 3.05) is 19.3 Å². The third-order valence-electron chi connectivity index (χ3n) is 4.45. The van der Waals surface area contributed by atoms with Crippen LogP contribution in [0, 0.1) is 5.92 Å². The van der Waals surface area contributed by atoms with E-state index in [0.717, 1.165) is 11.3 Å². The van der Waals surface area contributed by atoms with Crippen LogP contribution in [0.25, 0.3) is 0 Å². The van der Waals surface area contributed by atoms with E-state index in [1.54, 1.807) is 0 Å². The van der Waals surface area contributed by atoms with E-state index >= 15 is 0 Å². The zero-order chi connectivity index (χ0) is 11.5. The minimum absolute atomic E-state index is 0.441. The second-order valence-corrected chi connectivity index (χ2v) is 6.74. The Labute approximate surface area is 104 Å². The minimum Gasteiger partial charge on any atom is -0.327 e. The first-order chi connectivity index (χ1) is 7.70.